The molecule has 23 heavy (non-hydrogen) atoms. The topological polar surface area (TPSA) is 51.1 Å². The van der Waals surface area contributed by atoms with Crippen molar-refractivity contribution in [2.24, 2.45) is 4.99 Å². The SMILES string of the molecule is C=CCC1OC(N2CCC3(CC2)OCc2ccccc23)=NC1=O. The van der Waals surface area contributed by atoms with E-state index in [2.05, 4.69) is 40.7 Å². The standard InChI is InChI=1S/C18H20N2O3/c1-2-5-15-16(21)19-17(23-15)20-10-8-18(9-11-20)14-7-4-3-6-13(14)12-22-18/h2-4,6-7,15H,1,5,8-12H2. The third kappa shape index (κ3) is 2.36. The summed E-state index contributed by atoms with van der Waals surface area (Å²) in [5.74, 6) is -0.206. The zero-order valence-electron chi connectivity index (χ0n) is 13.0. The first kappa shape index (κ1) is 14.5. The second-order valence-electron chi connectivity index (χ2n) is 6.29. The number of nitrogens with zero attached hydrogens (tertiary/aromatic N) is 2. The van der Waals surface area contributed by atoms with E-state index >= 15 is 0 Å². The zero-order valence-corrected chi connectivity index (χ0v) is 13.0. The van der Waals surface area contributed by atoms with Crippen molar-refractivity contribution in [2.75, 3.05) is 13.1 Å². The number of amides is 1. The van der Waals surface area contributed by atoms with Crippen LogP contribution in [0.15, 0.2) is 41.9 Å². The number of hydrogen-bond acceptors (Lipinski definition) is 4. The molecule has 1 amide bonds. The Labute approximate surface area is 135 Å². The van der Waals surface area contributed by atoms with Crippen LogP contribution in [0, 0.1) is 0 Å². The van der Waals surface area contributed by atoms with Gasteiger partial charge in [0, 0.05) is 19.5 Å². The second kappa shape index (κ2) is 5.49. The molecule has 0 aliphatic carbocycles. The van der Waals surface area contributed by atoms with E-state index in [0.717, 1.165) is 25.9 Å². The molecule has 1 spiro atoms. The van der Waals surface area contributed by atoms with E-state index in [0.29, 0.717) is 19.0 Å². The summed E-state index contributed by atoms with van der Waals surface area (Å²) >= 11 is 0. The summed E-state index contributed by atoms with van der Waals surface area (Å²) in [4.78, 5) is 17.9. The number of rotatable bonds is 2. The first-order valence-electron chi connectivity index (χ1n) is 8.09. The molecule has 1 aromatic carbocycles. The van der Waals surface area contributed by atoms with Crippen molar-refractivity contribution in [3.8, 4) is 0 Å². The molecule has 1 fully saturated rings. The van der Waals surface area contributed by atoms with Crippen LogP contribution >= 0.6 is 0 Å². The van der Waals surface area contributed by atoms with Crippen molar-refractivity contribution >= 4 is 11.9 Å². The molecule has 1 atom stereocenters. The number of fused-ring (bicyclic) bond motifs is 2. The highest BCUT2D eigenvalue weighted by molar-refractivity contribution is 5.98. The summed E-state index contributed by atoms with van der Waals surface area (Å²) in [5.41, 5.74) is 2.42. The number of carbonyl (C=O) groups excluding carboxylic acids is 1. The van der Waals surface area contributed by atoms with Crippen molar-refractivity contribution in [2.45, 2.75) is 37.6 Å². The Kier molecular flexibility index (Phi) is 3.45. The van der Waals surface area contributed by atoms with Gasteiger partial charge in [-0.3, -0.25) is 4.79 Å². The number of ether oxygens (including phenoxy) is 2. The molecule has 3 heterocycles. The quantitative estimate of drug-likeness (QED) is 0.787. The summed E-state index contributed by atoms with van der Waals surface area (Å²) in [7, 11) is 0. The minimum absolute atomic E-state index is 0.184. The molecule has 5 nitrogen and oxygen atoms in total. The fraction of sp³-hybridized carbons (Fsp3) is 0.444. The van der Waals surface area contributed by atoms with Crippen molar-refractivity contribution in [3.63, 3.8) is 0 Å². The highest BCUT2D eigenvalue weighted by Crippen LogP contribution is 2.44. The summed E-state index contributed by atoms with van der Waals surface area (Å²) in [6, 6.07) is 8.90. The van der Waals surface area contributed by atoms with Gasteiger partial charge in [-0.15, -0.1) is 6.58 Å². The fourth-order valence-electron chi connectivity index (χ4n) is 3.67. The molecule has 120 valence electrons. The van der Waals surface area contributed by atoms with Crippen LogP contribution in [0.5, 0.6) is 0 Å². The van der Waals surface area contributed by atoms with Crippen molar-refractivity contribution in [1.29, 1.82) is 0 Å². The first-order chi connectivity index (χ1) is 11.2. The predicted octanol–water partition coefficient (Wildman–Crippen LogP) is 2.37. The van der Waals surface area contributed by atoms with Gasteiger partial charge in [0.1, 0.15) is 0 Å². The van der Waals surface area contributed by atoms with Gasteiger partial charge in [-0.2, -0.15) is 4.99 Å². The van der Waals surface area contributed by atoms with Gasteiger partial charge < -0.3 is 14.4 Å². The summed E-state index contributed by atoms with van der Waals surface area (Å²) < 4.78 is 11.8. The predicted molar refractivity (Wildman–Crippen MR) is 85.8 cm³/mol. The van der Waals surface area contributed by atoms with E-state index < -0.39 is 6.10 Å². The van der Waals surface area contributed by atoms with Gasteiger partial charge in [-0.05, 0) is 24.0 Å². The number of piperidine rings is 1. The number of benzene rings is 1. The van der Waals surface area contributed by atoms with Crippen LogP contribution in [-0.2, 0) is 26.5 Å². The average molecular weight is 312 g/mol. The number of aliphatic imine (C=N–C) groups is 1. The Balaban J connectivity index is 1.46. The minimum atomic E-state index is -0.498. The van der Waals surface area contributed by atoms with E-state index in [4.69, 9.17) is 9.47 Å². The van der Waals surface area contributed by atoms with Crippen LogP contribution in [0.2, 0.25) is 0 Å². The number of amidine groups is 1. The number of hydrogen-bond donors (Lipinski definition) is 0. The molecule has 0 aromatic heterocycles. The largest absolute Gasteiger partial charge is 0.451 e. The highest BCUT2D eigenvalue weighted by Gasteiger charge is 2.44. The maximum Gasteiger partial charge on any atom is 0.296 e. The maximum atomic E-state index is 11.8. The van der Waals surface area contributed by atoms with E-state index in [1.54, 1.807) is 6.08 Å². The molecule has 3 aliphatic heterocycles. The van der Waals surface area contributed by atoms with Crippen LogP contribution in [-0.4, -0.2) is 36.0 Å². The lowest BCUT2D eigenvalue weighted by Crippen LogP contribution is -2.45. The van der Waals surface area contributed by atoms with E-state index in [-0.39, 0.29) is 11.5 Å². The summed E-state index contributed by atoms with van der Waals surface area (Å²) in [6.45, 7) is 5.90. The first-order valence-corrected chi connectivity index (χ1v) is 8.09. The van der Waals surface area contributed by atoms with Gasteiger partial charge in [0.15, 0.2) is 6.10 Å². The molecule has 0 saturated carbocycles. The number of likely N-dealkylation sites (tertiary alicyclic amines) is 1. The molecule has 1 saturated heterocycles. The van der Waals surface area contributed by atoms with Crippen LogP contribution in [0.4, 0.5) is 0 Å². The Morgan fingerprint density at radius 3 is 2.91 bits per heavy atom. The van der Waals surface area contributed by atoms with Crippen LogP contribution in [0.25, 0.3) is 0 Å². The highest BCUT2D eigenvalue weighted by atomic mass is 16.5. The molecule has 3 aliphatic rings. The molecule has 4 rings (SSSR count). The lowest BCUT2D eigenvalue weighted by Gasteiger charge is -2.39. The van der Waals surface area contributed by atoms with Gasteiger partial charge in [0.05, 0.1) is 12.2 Å². The van der Waals surface area contributed by atoms with Gasteiger partial charge in [-0.25, -0.2) is 0 Å². The monoisotopic (exact) mass is 312 g/mol. The van der Waals surface area contributed by atoms with Crippen LogP contribution < -0.4 is 0 Å². The lowest BCUT2D eigenvalue weighted by molar-refractivity contribution is -0.122. The molecule has 0 N–H and O–H groups in total. The van der Waals surface area contributed by atoms with E-state index in [1.807, 2.05) is 0 Å². The molecular formula is C18H20N2O3. The van der Waals surface area contributed by atoms with Crippen molar-refractivity contribution < 1.29 is 14.3 Å². The minimum Gasteiger partial charge on any atom is -0.451 e. The van der Waals surface area contributed by atoms with E-state index in [9.17, 15) is 4.79 Å². The van der Waals surface area contributed by atoms with E-state index in [1.165, 1.54) is 11.1 Å². The summed E-state index contributed by atoms with van der Waals surface area (Å²) in [5, 5.41) is 0. The Hall–Kier alpha value is -2.14. The smallest absolute Gasteiger partial charge is 0.296 e. The second-order valence-corrected chi connectivity index (χ2v) is 6.29. The molecular weight excluding hydrogens is 292 g/mol. The lowest BCUT2D eigenvalue weighted by atomic mass is 9.84. The maximum absolute atomic E-state index is 11.8. The summed E-state index contributed by atoms with van der Waals surface area (Å²) in [6.07, 6.45) is 3.46. The van der Waals surface area contributed by atoms with Crippen LogP contribution in [0.1, 0.15) is 30.4 Å². The Morgan fingerprint density at radius 2 is 2.13 bits per heavy atom. The molecule has 0 bridgehead atoms. The van der Waals surface area contributed by atoms with Gasteiger partial charge in [-0.1, -0.05) is 30.3 Å². The van der Waals surface area contributed by atoms with Gasteiger partial charge >= 0.3 is 0 Å². The van der Waals surface area contributed by atoms with Crippen LogP contribution in [0.3, 0.4) is 0 Å². The molecule has 0 radical (unpaired) electrons. The van der Waals surface area contributed by atoms with Gasteiger partial charge in [0.2, 0.25) is 0 Å². The zero-order chi connectivity index (χ0) is 15.9. The molecule has 5 heteroatoms. The molecule has 1 aromatic rings. The fourth-order valence-corrected chi connectivity index (χ4v) is 3.67. The molecule has 1 unspecified atom stereocenters. The van der Waals surface area contributed by atoms with Gasteiger partial charge in [0.25, 0.3) is 11.9 Å². The van der Waals surface area contributed by atoms with Crippen molar-refractivity contribution in [3.05, 3.63) is 48.0 Å². The third-order valence-corrected chi connectivity index (χ3v) is 4.96. The van der Waals surface area contributed by atoms with Crippen molar-refractivity contribution in [1.82, 2.24) is 4.90 Å². The number of carbonyl (C=O) groups is 1. The third-order valence-electron chi connectivity index (χ3n) is 4.96. The Morgan fingerprint density at radius 1 is 1.35 bits per heavy atom. The Bertz CT molecular complexity index is 675. The average Bonchev–Trinajstić information content (AvgIpc) is 3.12. The normalized spacial score (nSPS) is 25.2.